The number of nitrogens with zero attached hydrogens (tertiary/aromatic N) is 5. The van der Waals surface area contributed by atoms with Crippen molar-refractivity contribution in [3.63, 3.8) is 0 Å². The highest BCUT2D eigenvalue weighted by Gasteiger charge is 2.56. The number of para-hydroxylation sites is 1. The maximum Gasteiger partial charge on any atom is 0.270 e. The summed E-state index contributed by atoms with van der Waals surface area (Å²) in [4.78, 5) is 54.7. The van der Waals surface area contributed by atoms with Gasteiger partial charge in [-0.25, -0.2) is 4.98 Å². The lowest BCUT2D eigenvalue weighted by Gasteiger charge is -2.33. The molecule has 3 aromatic rings. The molecular formula is C26H27N7O3. The number of aromatic amines is 1. The van der Waals surface area contributed by atoms with Crippen molar-refractivity contribution in [2.75, 3.05) is 18.9 Å². The van der Waals surface area contributed by atoms with E-state index in [2.05, 4.69) is 26.3 Å². The smallest absolute Gasteiger partial charge is 0.270 e. The van der Waals surface area contributed by atoms with Gasteiger partial charge in [0, 0.05) is 38.1 Å². The summed E-state index contributed by atoms with van der Waals surface area (Å²) in [7, 11) is 1.59. The minimum atomic E-state index is -0.980. The minimum Gasteiger partial charge on any atom is -0.334 e. The molecular weight excluding hydrogens is 458 g/mol. The Morgan fingerprint density at radius 2 is 2.03 bits per heavy atom. The van der Waals surface area contributed by atoms with Gasteiger partial charge in [0.2, 0.25) is 11.8 Å². The molecule has 2 aliphatic rings. The Kier molecular flexibility index (Phi) is 5.71. The molecule has 2 N–H and O–H groups in total. The Bertz CT molecular complexity index is 1370. The van der Waals surface area contributed by atoms with E-state index in [9.17, 15) is 19.6 Å². The molecule has 0 saturated carbocycles. The van der Waals surface area contributed by atoms with Crippen LogP contribution in [0.2, 0.25) is 0 Å². The van der Waals surface area contributed by atoms with E-state index in [-0.39, 0.29) is 42.3 Å². The van der Waals surface area contributed by atoms with Crippen LogP contribution < -0.4 is 5.32 Å². The summed E-state index contributed by atoms with van der Waals surface area (Å²) >= 11 is 0. The lowest BCUT2D eigenvalue weighted by molar-refractivity contribution is -0.136. The number of aromatic nitrogens is 3. The zero-order chi connectivity index (χ0) is 25.6. The number of likely N-dealkylation sites (N-methyl/N-ethyl adjacent to an activating group) is 1. The van der Waals surface area contributed by atoms with Gasteiger partial charge in [0.1, 0.15) is 23.3 Å². The average molecular weight is 486 g/mol. The standard InChI is InChI=1S/C26H27N7O3/c1-15(2)10-21(32(3)23(34)20-11-19-22(30-20)29-9-8-28-19)24(35)33-14-26(12-16(33)13-27)17-6-4-5-7-18(17)31-25(26)36/h4-9,11,15-16,21H,10,12,14H2,1-3H3,(H,29,30)(H,31,36)/t16-,21-,26-/m0/s1. The van der Waals surface area contributed by atoms with Crippen LogP contribution in [-0.4, -0.2) is 68.1 Å². The number of carbonyl (C=O) groups excluding carboxylic acids is 3. The van der Waals surface area contributed by atoms with Gasteiger partial charge in [-0.15, -0.1) is 0 Å². The highest BCUT2D eigenvalue weighted by Crippen LogP contribution is 2.46. The highest BCUT2D eigenvalue weighted by molar-refractivity contribution is 6.07. The summed E-state index contributed by atoms with van der Waals surface area (Å²) in [5, 5.41) is 12.9. The maximum absolute atomic E-state index is 14.0. The number of rotatable bonds is 5. The van der Waals surface area contributed by atoms with Crippen molar-refractivity contribution >= 4 is 34.6 Å². The number of carbonyl (C=O) groups is 3. The molecule has 3 amide bonds. The molecule has 10 heteroatoms. The van der Waals surface area contributed by atoms with Gasteiger partial charge in [0.25, 0.3) is 5.91 Å². The predicted octanol–water partition coefficient (Wildman–Crippen LogP) is 2.46. The number of hydrogen-bond acceptors (Lipinski definition) is 6. The molecule has 36 heavy (non-hydrogen) atoms. The van der Waals surface area contributed by atoms with Crippen molar-refractivity contribution in [3.05, 3.63) is 54.0 Å². The number of anilines is 1. The summed E-state index contributed by atoms with van der Waals surface area (Å²) in [6.45, 7) is 4.04. The number of nitriles is 1. The number of amides is 3. The van der Waals surface area contributed by atoms with Crippen molar-refractivity contribution in [2.24, 2.45) is 5.92 Å². The number of H-pyrrole nitrogens is 1. The maximum atomic E-state index is 14.0. The Balaban J connectivity index is 1.46. The van der Waals surface area contributed by atoms with Gasteiger partial charge >= 0.3 is 0 Å². The van der Waals surface area contributed by atoms with Crippen LogP contribution in [0.1, 0.15) is 42.7 Å². The van der Waals surface area contributed by atoms with E-state index < -0.39 is 17.5 Å². The Morgan fingerprint density at radius 3 is 2.75 bits per heavy atom. The molecule has 2 aliphatic heterocycles. The normalized spacial score (nSPS) is 21.5. The van der Waals surface area contributed by atoms with Crippen LogP contribution in [0.15, 0.2) is 42.7 Å². The number of benzene rings is 1. The van der Waals surface area contributed by atoms with E-state index in [1.165, 1.54) is 16.0 Å². The fourth-order valence-electron chi connectivity index (χ4n) is 5.35. The molecule has 2 aromatic heterocycles. The van der Waals surface area contributed by atoms with E-state index in [4.69, 9.17) is 0 Å². The first-order chi connectivity index (χ1) is 17.2. The molecule has 4 heterocycles. The largest absolute Gasteiger partial charge is 0.334 e. The van der Waals surface area contributed by atoms with Crippen molar-refractivity contribution in [3.8, 4) is 6.07 Å². The first-order valence-electron chi connectivity index (χ1n) is 11.9. The Morgan fingerprint density at radius 1 is 1.28 bits per heavy atom. The van der Waals surface area contributed by atoms with Crippen LogP contribution in [0.4, 0.5) is 5.69 Å². The zero-order valence-corrected chi connectivity index (χ0v) is 20.4. The molecule has 3 atom stereocenters. The van der Waals surface area contributed by atoms with Crippen molar-refractivity contribution in [2.45, 2.75) is 44.2 Å². The first kappa shape index (κ1) is 23.5. The second-order valence-electron chi connectivity index (χ2n) is 9.93. The van der Waals surface area contributed by atoms with Gasteiger partial charge in [0.15, 0.2) is 5.65 Å². The second-order valence-corrected chi connectivity index (χ2v) is 9.93. The number of hydrogen-bond donors (Lipinski definition) is 2. The van der Waals surface area contributed by atoms with E-state index in [1.807, 2.05) is 38.1 Å². The fourth-order valence-corrected chi connectivity index (χ4v) is 5.35. The minimum absolute atomic E-state index is 0.0871. The predicted molar refractivity (Wildman–Crippen MR) is 132 cm³/mol. The van der Waals surface area contributed by atoms with Gasteiger partial charge in [0.05, 0.1) is 11.5 Å². The molecule has 1 aromatic carbocycles. The summed E-state index contributed by atoms with van der Waals surface area (Å²) < 4.78 is 0. The molecule has 0 aliphatic carbocycles. The third-order valence-corrected chi connectivity index (χ3v) is 7.17. The first-order valence-corrected chi connectivity index (χ1v) is 11.9. The molecule has 5 rings (SSSR count). The van der Waals surface area contributed by atoms with Gasteiger partial charge in [-0.05, 0) is 30.0 Å². The van der Waals surface area contributed by atoms with Crippen LogP contribution in [0.5, 0.6) is 0 Å². The third-order valence-electron chi connectivity index (χ3n) is 7.17. The summed E-state index contributed by atoms with van der Waals surface area (Å²) in [5.74, 6) is -0.817. The van der Waals surface area contributed by atoms with Gasteiger partial charge in [-0.2, -0.15) is 5.26 Å². The van der Waals surface area contributed by atoms with Crippen LogP contribution >= 0.6 is 0 Å². The molecule has 1 spiro atoms. The molecule has 10 nitrogen and oxygen atoms in total. The summed E-state index contributed by atoms with van der Waals surface area (Å²) in [5.41, 5.74) is 1.84. The zero-order valence-electron chi connectivity index (χ0n) is 20.4. The molecule has 0 radical (unpaired) electrons. The molecule has 0 unspecified atom stereocenters. The molecule has 1 saturated heterocycles. The lowest BCUT2D eigenvalue weighted by Crippen LogP contribution is -2.52. The Labute approximate surface area is 208 Å². The SMILES string of the molecule is CC(C)C[C@@H](C(=O)N1C[C@]2(C[C@H]1C#N)C(=O)Nc1ccccc12)N(C)C(=O)c1cc2nccnc2[nH]1. The van der Waals surface area contributed by atoms with Crippen molar-refractivity contribution in [1.29, 1.82) is 5.26 Å². The monoisotopic (exact) mass is 485 g/mol. The topological polar surface area (TPSA) is 135 Å². The van der Waals surface area contributed by atoms with Crippen LogP contribution in [0.3, 0.4) is 0 Å². The summed E-state index contributed by atoms with van der Waals surface area (Å²) in [6.07, 6.45) is 3.69. The Hall–Kier alpha value is -4.26. The average Bonchev–Trinajstić information content (AvgIpc) is 3.55. The third kappa shape index (κ3) is 3.68. The van der Waals surface area contributed by atoms with E-state index >= 15 is 0 Å². The van der Waals surface area contributed by atoms with Gasteiger partial charge < -0.3 is 20.1 Å². The van der Waals surface area contributed by atoms with Crippen molar-refractivity contribution in [1.82, 2.24) is 24.8 Å². The van der Waals surface area contributed by atoms with Crippen LogP contribution in [0.25, 0.3) is 11.2 Å². The molecule has 184 valence electrons. The molecule has 0 bridgehead atoms. The van der Waals surface area contributed by atoms with E-state index in [1.54, 1.807) is 19.3 Å². The number of likely N-dealkylation sites (tertiary alicyclic amines) is 1. The second kappa shape index (κ2) is 8.75. The number of fused-ring (bicyclic) bond motifs is 3. The number of nitrogens with one attached hydrogen (secondary N) is 2. The van der Waals surface area contributed by atoms with E-state index in [0.717, 1.165) is 5.56 Å². The van der Waals surface area contributed by atoms with E-state index in [0.29, 0.717) is 23.3 Å². The molecule has 1 fully saturated rings. The van der Waals surface area contributed by atoms with Crippen LogP contribution in [-0.2, 0) is 15.0 Å². The summed E-state index contributed by atoms with van der Waals surface area (Å²) in [6, 6.07) is 9.63. The fraction of sp³-hybridized carbons (Fsp3) is 0.385. The lowest BCUT2D eigenvalue weighted by atomic mass is 9.80. The quantitative estimate of drug-likeness (QED) is 0.570. The van der Waals surface area contributed by atoms with Crippen molar-refractivity contribution < 1.29 is 14.4 Å². The van der Waals surface area contributed by atoms with Gasteiger partial charge in [-0.1, -0.05) is 32.0 Å². The van der Waals surface area contributed by atoms with Gasteiger partial charge in [-0.3, -0.25) is 19.4 Å². The highest BCUT2D eigenvalue weighted by atomic mass is 16.2. The van der Waals surface area contributed by atoms with Crippen LogP contribution in [0, 0.1) is 17.2 Å².